The van der Waals surface area contributed by atoms with E-state index < -0.39 is 12.0 Å². The van der Waals surface area contributed by atoms with Gasteiger partial charge in [0.15, 0.2) is 0 Å². The summed E-state index contributed by atoms with van der Waals surface area (Å²) in [6.45, 7) is 17.0. The van der Waals surface area contributed by atoms with E-state index in [2.05, 4.69) is 92.4 Å². The number of nitrogens with zero attached hydrogens (tertiary/aromatic N) is 4. The molecule has 3 unspecified atom stereocenters. The fourth-order valence-electron chi connectivity index (χ4n) is 8.15. The maximum absolute atomic E-state index is 14.4. The van der Waals surface area contributed by atoms with E-state index >= 15 is 0 Å². The van der Waals surface area contributed by atoms with Crippen LogP contribution in [-0.4, -0.2) is 69.4 Å². The van der Waals surface area contributed by atoms with Gasteiger partial charge in [0.25, 0.3) is 0 Å². The molecule has 2 aromatic carbocycles. The van der Waals surface area contributed by atoms with Crippen molar-refractivity contribution in [1.82, 2.24) is 19.6 Å². The number of likely N-dealkylation sites (tertiary alicyclic amines) is 1. The summed E-state index contributed by atoms with van der Waals surface area (Å²) in [6, 6.07) is 18.1. The van der Waals surface area contributed by atoms with Crippen molar-refractivity contribution in [1.29, 1.82) is 0 Å². The van der Waals surface area contributed by atoms with Gasteiger partial charge in [-0.2, -0.15) is 5.10 Å². The van der Waals surface area contributed by atoms with Gasteiger partial charge in [-0.05, 0) is 117 Å². The van der Waals surface area contributed by atoms with E-state index in [0.29, 0.717) is 24.2 Å². The van der Waals surface area contributed by atoms with E-state index in [-0.39, 0.29) is 60.4 Å². The first-order valence-electron chi connectivity index (χ1n) is 17.9. The second-order valence-corrected chi connectivity index (χ2v) is 15.8. The van der Waals surface area contributed by atoms with Gasteiger partial charge in [-0.25, -0.2) is 4.39 Å². The second-order valence-electron chi connectivity index (χ2n) is 15.8. The lowest BCUT2D eigenvalue weighted by molar-refractivity contribution is -0.144. The number of rotatable bonds is 12. The van der Waals surface area contributed by atoms with Crippen molar-refractivity contribution in [2.45, 2.75) is 116 Å². The van der Waals surface area contributed by atoms with Crippen molar-refractivity contribution in [3.8, 4) is 0 Å². The van der Waals surface area contributed by atoms with E-state index in [1.807, 2.05) is 13.1 Å². The van der Waals surface area contributed by atoms with Crippen molar-refractivity contribution in [2.24, 2.45) is 11.8 Å². The molecule has 5 rings (SSSR count). The quantitative estimate of drug-likeness (QED) is 0.200. The molecule has 4 atom stereocenters. The maximum atomic E-state index is 14.4. The Morgan fingerprint density at radius 2 is 1.68 bits per heavy atom. The van der Waals surface area contributed by atoms with Gasteiger partial charge in [-0.15, -0.1) is 37.2 Å². The number of aryl methyl sites for hydroxylation is 1. The highest BCUT2D eigenvalue weighted by atomic mass is 35.5. The topological polar surface area (TPSA) is 61.6 Å². The molecule has 0 radical (unpaired) electrons. The standard InChI is InChI=1S/C40H57FN4O2.3ClH/c1-8-45-37(24-34(42-45)21-28-12-14-32(15-13-28)40(4,5)6)29-16-18-44(19-17-29)26-31-23-35(43(7)38(39(46)47)20-27(2)3)25-36(31)30-10-9-11-33(41)22-30;;;/h9-15,22,24,27,29,31,35-36,38H,8,16-21,23,25-26H2,1-7H3,(H,46,47);3*1H/t31?,35?,36?,38-;;;/m1.../s1. The van der Waals surface area contributed by atoms with Crippen LogP contribution in [0.1, 0.15) is 114 Å². The number of halogens is 4. The highest BCUT2D eigenvalue weighted by Gasteiger charge is 2.41. The number of hydrogen-bond donors (Lipinski definition) is 1. The van der Waals surface area contributed by atoms with Gasteiger partial charge < -0.3 is 10.0 Å². The number of benzene rings is 2. The van der Waals surface area contributed by atoms with Crippen LogP contribution in [-0.2, 0) is 23.2 Å². The lowest BCUT2D eigenvalue weighted by Gasteiger charge is -2.35. The van der Waals surface area contributed by atoms with E-state index in [1.54, 1.807) is 6.07 Å². The average Bonchev–Trinajstić information content (AvgIpc) is 3.64. The first kappa shape index (κ1) is 44.0. The fourth-order valence-corrected chi connectivity index (χ4v) is 8.15. The lowest BCUT2D eigenvalue weighted by Crippen LogP contribution is -2.45. The van der Waals surface area contributed by atoms with Gasteiger partial charge in [-0.1, -0.05) is 71.0 Å². The van der Waals surface area contributed by atoms with E-state index in [4.69, 9.17) is 5.10 Å². The summed E-state index contributed by atoms with van der Waals surface area (Å²) in [7, 11) is 1.98. The molecule has 1 aliphatic carbocycles. The first-order chi connectivity index (χ1) is 22.3. The van der Waals surface area contributed by atoms with Crippen LogP contribution in [0.5, 0.6) is 0 Å². The second kappa shape index (κ2) is 19.1. The maximum Gasteiger partial charge on any atom is 0.320 e. The molecule has 0 amide bonds. The Morgan fingerprint density at radius 1 is 1.02 bits per heavy atom. The number of aromatic nitrogens is 2. The summed E-state index contributed by atoms with van der Waals surface area (Å²) in [4.78, 5) is 17.0. The van der Waals surface area contributed by atoms with Crippen molar-refractivity contribution >= 4 is 43.2 Å². The van der Waals surface area contributed by atoms with Crippen LogP contribution < -0.4 is 0 Å². The highest BCUT2D eigenvalue weighted by molar-refractivity contribution is 5.86. The van der Waals surface area contributed by atoms with Crippen LogP contribution in [0.25, 0.3) is 0 Å². The Bertz CT molecular complexity index is 1480. The molecule has 1 aliphatic heterocycles. The molecule has 2 heterocycles. The summed E-state index contributed by atoms with van der Waals surface area (Å²) in [5.41, 5.74) is 6.35. The largest absolute Gasteiger partial charge is 0.480 e. The normalized spacial score (nSPS) is 20.6. The fraction of sp³-hybridized carbons (Fsp3) is 0.600. The highest BCUT2D eigenvalue weighted by Crippen LogP contribution is 2.43. The van der Waals surface area contributed by atoms with Gasteiger partial charge in [0.1, 0.15) is 11.9 Å². The third kappa shape index (κ3) is 10.9. The van der Waals surface area contributed by atoms with Gasteiger partial charge in [0.2, 0.25) is 0 Å². The SMILES string of the molecule is CCn1nc(Cc2ccc(C(C)(C)C)cc2)cc1C1CCN(CC2CC(N(C)[C@H](CC(C)C)C(=O)O)CC2c2cccc(F)c2)CC1.Cl.Cl.Cl. The first-order valence-corrected chi connectivity index (χ1v) is 17.9. The molecule has 6 nitrogen and oxygen atoms in total. The molecular formula is C40H60Cl3FN4O2. The minimum Gasteiger partial charge on any atom is -0.480 e. The lowest BCUT2D eigenvalue weighted by atomic mass is 9.86. The molecule has 3 aromatic rings. The molecule has 280 valence electrons. The van der Waals surface area contributed by atoms with Gasteiger partial charge >= 0.3 is 5.97 Å². The van der Waals surface area contributed by atoms with Crippen LogP contribution in [0.15, 0.2) is 54.6 Å². The molecule has 1 saturated carbocycles. The molecule has 0 spiro atoms. The Labute approximate surface area is 318 Å². The number of hydrogen-bond acceptors (Lipinski definition) is 4. The molecule has 1 N–H and O–H groups in total. The molecule has 1 aromatic heterocycles. The predicted molar refractivity (Wildman–Crippen MR) is 210 cm³/mol. The Morgan fingerprint density at radius 3 is 2.24 bits per heavy atom. The van der Waals surface area contributed by atoms with Crippen LogP contribution in [0, 0.1) is 17.7 Å². The molecule has 1 saturated heterocycles. The molecule has 2 aliphatic rings. The predicted octanol–water partition coefficient (Wildman–Crippen LogP) is 9.37. The van der Waals surface area contributed by atoms with E-state index in [1.165, 1.54) is 22.9 Å². The molecule has 0 bridgehead atoms. The Kier molecular flexibility index (Phi) is 16.8. The third-order valence-corrected chi connectivity index (χ3v) is 10.9. The summed E-state index contributed by atoms with van der Waals surface area (Å²) in [5, 5.41) is 15.1. The van der Waals surface area contributed by atoms with Crippen LogP contribution in [0.4, 0.5) is 4.39 Å². The Balaban J connectivity index is 0.00000289. The van der Waals surface area contributed by atoms with Crippen LogP contribution in [0.3, 0.4) is 0 Å². The minimum atomic E-state index is -0.748. The molecular weight excluding hydrogens is 694 g/mol. The molecule has 2 fully saturated rings. The van der Waals surface area contributed by atoms with Crippen molar-refractivity contribution in [2.75, 3.05) is 26.7 Å². The van der Waals surface area contributed by atoms with E-state index in [9.17, 15) is 14.3 Å². The minimum absolute atomic E-state index is 0. The van der Waals surface area contributed by atoms with E-state index in [0.717, 1.165) is 69.5 Å². The zero-order valence-electron chi connectivity index (χ0n) is 31.0. The third-order valence-electron chi connectivity index (χ3n) is 10.9. The number of carboxylic acid groups (broad SMARTS) is 1. The number of aliphatic carboxylic acids is 1. The summed E-state index contributed by atoms with van der Waals surface area (Å²) in [5.74, 6) is 0.413. The number of carbonyl (C=O) groups is 1. The van der Waals surface area contributed by atoms with Crippen LogP contribution in [0.2, 0.25) is 0 Å². The zero-order chi connectivity index (χ0) is 33.9. The number of carboxylic acids is 1. The molecule has 10 heteroatoms. The van der Waals surface area contributed by atoms with Gasteiger partial charge in [-0.3, -0.25) is 14.4 Å². The average molecular weight is 754 g/mol. The molecule has 50 heavy (non-hydrogen) atoms. The van der Waals surface area contributed by atoms with Crippen molar-refractivity contribution in [3.05, 3.63) is 88.5 Å². The van der Waals surface area contributed by atoms with Crippen LogP contribution >= 0.6 is 37.2 Å². The summed E-state index contributed by atoms with van der Waals surface area (Å²) in [6.07, 6.45) is 5.47. The van der Waals surface area contributed by atoms with Gasteiger partial charge in [0.05, 0.1) is 5.69 Å². The zero-order valence-corrected chi connectivity index (χ0v) is 33.4. The van der Waals surface area contributed by atoms with Crippen molar-refractivity contribution < 1.29 is 14.3 Å². The monoisotopic (exact) mass is 752 g/mol. The number of likely N-dealkylation sites (N-methyl/N-ethyl adjacent to an activating group) is 1. The smallest absolute Gasteiger partial charge is 0.320 e. The number of piperidine rings is 1. The van der Waals surface area contributed by atoms with Gasteiger partial charge in [0, 0.05) is 37.2 Å². The van der Waals surface area contributed by atoms with Crippen molar-refractivity contribution in [3.63, 3.8) is 0 Å². The summed E-state index contributed by atoms with van der Waals surface area (Å²) >= 11 is 0. The Hall–Kier alpha value is -2.16. The summed E-state index contributed by atoms with van der Waals surface area (Å²) < 4.78 is 16.6.